The monoisotopic (exact) mass is 405 g/mol. The molecule has 0 spiro atoms. The molecule has 1 aromatic carbocycles. The SMILES string of the molecule is COc1cc(OC)nc(Sc2ccccc2C=NOCC(=O)OC(C)(C)C)n1. The van der Waals surface area contributed by atoms with Crippen LogP contribution in [0.25, 0.3) is 0 Å². The predicted octanol–water partition coefficient (Wildman–Crippen LogP) is 3.34. The summed E-state index contributed by atoms with van der Waals surface area (Å²) in [6, 6.07) is 9.11. The normalized spacial score (nSPS) is 11.3. The summed E-state index contributed by atoms with van der Waals surface area (Å²) >= 11 is 1.32. The molecule has 0 aliphatic heterocycles. The summed E-state index contributed by atoms with van der Waals surface area (Å²) in [6.45, 7) is 5.10. The minimum absolute atomic E-state index is 0.265. The summed E-state index contributed by atoms with van der Waals surface area (Å²) in [6.07, 6.45) is 1.52. The Labute approximate surface area is 168 Å². The first-order valence-corrected chi connectivity index (χ1v) is 9.23. The second-order valence-corrected chi connectivity index (χ2v) is 7.48. The fraction of sp³-hybridized carbons (Fsp3) is 0.368. The maximum absolute atomic E-state index is 11.6. The molecule has 2 aromatic rings. The number of hydrogen-bond acceptors (Lipinski definition) is 9. The third-order valence-corrected chi connectivity index (χ3v) is 4.02. The van der Waals surface area contributed by atoms with Crippen LogP contribution in [0, 0.1) is 0 Å². The first-order valence-electron chi connectivity index (χ1n) is 8.42. The fourth-order valence-electron chi connectivity index (χ4n) is 1.97. The van der Waals surface area contributed by atoms with E-state index in [9.17, 15) is 4.79 Å². The van der Waals surface area contributed by atoms with E-state index in [1.165, 1.54) is 32.2 Å². The molecule has 9 heteroatoms. The molecule has 1 aromatic heterocycles. The van der Waals surface area contributed by atoms with Crippen LogP contribution in [0.15, 0.2) is 45.5 Å². The van der Waals surface area contributed by atoms with Crippen molar-refractivity contribution in [3.05, 3.63) is 35.9 Å². The van der Waals surface area contributed by atoms with Gasteiger partial charge in [0.25, 0.3) is 0 Å². The number of benzene rings is 1. The quantitative estimate of drug-likeness (QED) is 0.286. The van der Waals surface area contributed by atoms with E-state index in [0.29, 0.717) is 16.9 Å². The number of hydrogen-bond donors (Lipinski definition) is 0. The van der Waals surface area contributed by atoms with Gasteiger partial charge in [-0.2, -0.15) is 9.97 Å². The number of oxime groups is 1. The fourth-order valence-corrected chi connectivity index (χ4v) is 2.83. The van der Waals surface area contributed by atoms with Gasteiger partial charge < -0.3 is 19.0 Å². The average Bonchev–Trinajstić information content (AvgIpc) is 2.64. The van der Waals surface area contributed by atoms with Gasteiger partial charge in [-0.05, 0) is 38.6 Å². The number of esters is 1. The van der Waals surface area contributed by atoms with Crippen LogP contribution < -0.4 is 9.47 Å². The van der Waals surface area contributed by atoms with Crippen molar-refractivity contribution in [3.63, 3.8) is 0 Å². The van der Waals surface area contributed by atoms with Gasteiger partial charge in [0.1, 0.15) is 5.60 Å². The smallest absolute Gasteiger partial charge is 0.347 e. The standard InChI is InChI=1S/C19H23N3O5S/c1-19(2,3)27-17(23)12-26-20-11-13-8-6-7-9-14(13)28-18-21-15(24-4)10-16(22-18)25-5/h6-11H,12H2,1-5H3. The number of rotatable bonds is 8. The van der Waals surface area contributed by atoms with Crippen molar-refractivity contribution in [3.8, 4) is 11.8 Å². The van der Waals surface area contributed by atoms with Crippen molar-refractivity contribution in [2.45, 2.75) is 36.4 Å². The molecule has 0 saturated carbocycles. The first-order chi connectivity index (χ1) is 13.3. The topological polar surface area (TPSA) is 92.1 Å². The van der Waals surface area contributed by atoms with Crippen LogP contribution in [0.4, 0.5) is 0 Å². The number of methoxy groups -OCH3 is 2. The van der Waals surface area contributed by atoms with Crippen LogP contribution in [0.3, 0.4) is 0 Å². The number of ether oxygens (including phenoxy) is 3. The van der Waals surface area contributed by atoms with Crippen LogP contribution in [-0.4, -0.2) is 48.6 Å². The van der Waals surface area contributed by atoms with Gasteiger partial charge in [-0.1, -0.05) is 23.4 Å². The molecule has 0 bridgehead atoms. The average molecular weight is 405 g/mol. The van der Waals surface area contributed by atoms with Gasteiger partial charge in [0, 0.05) is 10.5 Å². The lowest BCUT2D eigenvalue weighted by molar-refractivity contribution is -0.160. The molecule has 0 aliphatic rings. The summed E-state index contributed by atoms with van der Waals surface area (Å²) in [5.74, 6) is 0.326. The van der Waals surface area contributed by atoms with Crippen molar-refractivity contribution in [2.75, 3.05) is 20.8 Å². The minimum atomic E-state index is -0.564. The Kier molecular flexibility index (Phi) is 7.62. The van der Waals surface area contributed by atoms with Gasteiger partial charge in [0.15, 0.2) is 5.16 Å². The lowest BCUT2D eigenvalue weighted by Crippen LogP contribution is -2.26. The van der Waals surface area contributed by atoms with E-state index < -0.39 is 11.6 Å². The highest BCUT2D eigenvalue weighted by molar-refractivity contribution is 7.99. The molecule has 8 nitrogen and oxygen atoms in total. The number of nitrogens with zero attached hydrogens (tertiary/aromatic N) is 3. The second-order valence-electron chi connectivity index (χ2n) is 6.47. The van der Waals surface area contributed by atoms with Crippen LogP contribution >= 0.6 is 11.8 Å². The number of aromatic nitrogens is 2. The zero-order valence-electron chi connectivity index (χ0n) is 16.5. The highest BCUT2D eigenvalue weighted by Gasteiger charge is 2.16. The van der Waals surface area contributed by atoms with Gasteiger partial charge in [-0.25, -0.2) is 4.79 Å². The molecule has 0 unspecified atom stereocenters. The van der Waals surface area contributed by atoms with Crippen LogP contribution in [-0.2, 0) is 14.4 Å². The molecule has 0 aliphatic carbocycles. The van der Waals surface area contributed by atoms with Crippen molar-refractivity contribution in [1.82, 2.24) is 9.97 Å². The summed E-state index contributed by atoms with van der Waals surface area (Å²) in [7, 11) is 3.05. The van der Waals surface area contributed by atoms with Gasteiger partial charge in [0.2, 0.25) is 18.4 Å². The Hall–Kier alpha value is -2.81. The number of carbonyl (C=O) groups is 1. The summed E-state index contributed by atoms with van der Waals surface area (Å²) in [5, 5.41) is 4.32. The molecule has 1 heterocycles. The van der Waals surface area contributed by atoms with E-state index in [0.717, 1.165) is 10.5 Å². The molecule has 0 N–H and O–H groups in total. The van der Waals surface area contributed by atoms with Crippen molar-refractivity contribution >= 4 is 23.9 Å². The Bertz CT molecular complexity index is 814. The van der Waals surface area contributed by atoms with Gasteiger partial charge >= 0.3 is 5.97 Å². The van der Waals surface area contributed by atoms with Crippen LogP contribution in [0.1, 0.15) is 26.3 Å². The van der Waals surface area contributed by atoms with E-state index in [4.69, 9.17) is 19.0 Å². The molecule has 0 radical (unpaired) electrons. The van der Waals surface area contributed by atoms with E-state index in [-0.39, 0.29) is 6.61 Å². The van der Waals surface area contributed by atoms with E-state index in [1.807, 2.05) is 24.3 Å². The molecular weight excluding hydrogens is 382 g/mol. The molecule has 0 fully saturated rings. The van der Waals surface area contributed by atoms with E-state index in [1.54, 1.807) is 26.8 Å². The molecule has 150 valence electrons. The third-order valence-electron chi connectivity index (χ3n) is 3.07. The Morgan fingerprint density at radius 1 is 1.14 bits per heavy atom. The molecular formula is C19H23N3O5S. The maximum Gasteiger partial charge on any atom is 0.347 e. The molecule has 28 heavy (non-hydrogen) atoms. The van der Waals surface area contributed by atoms with Gasteiger partial charge in [-0.15, -0.1) is 0 Å². The summed E-state index contributed by atoms with van der Waals surface area (Å²) in [4.78, 5) is 26.1. The van der Waals surface area contributed by atoms with Crippen LogP contribution in [0.2, 0.25) is 0 Å². The van der Waals surface area contributed by atoms with Crippen LogP contribution in [0.5, 0.6) is 11.8 Å². The lowest BCUT2D eigenvalue weighted by Gasteiger charge is -2.18. The molecule has 0 saturated heterocycles. The highest BCUT2D eigenvalue weighted by atomic mass is 32.2. The van der Waals surface area contributed by atoms with Gasteiger partial charge in [-0.3, -0.25) is 0 Å². The Morgan fingerprint density at radius 3 is 2.39 bits per heavy atom. The van der Waals surface area contributed by atoms with Crippen molar-refractivity contribution in [1.29, 1.82) is 0 Å². The highest BCUT2D eigenvalue weighted by Crippen LogP contribution is 2.30. The molecule has 2 rings (SSSR count). The van der Waals surface area contributed by atoms with E-state index >= 15 is 0 Å². The second kappa shape index (κ2) is 9.93. The maximum atomic E-state index is 11.6. The zero-order valence-corrected chi connectivity index (χ0v) is 17.3. The minimum Gasteiger partial charge on any atom is -0.481 e. The number of carbonyl (C=O) groups excluding carboxylic acids is 1. The summed E-state index contributed by atoms with van der Waals surface area (Å²) < 4.78 is 15.5. The zero-order chi connectivity index (χ0) is 20.6. The van der Waals surface area contributed by atoms with Crippen molar-refractivity contribution in [2.24, 2.45) is 5.16 Å². The predicted molar refractivity (Wildman–Crippen MR) is 105 cm³/mol. The Morgan fingerprint density at radius 2 is 1.79 bits per heavy atom. The largest absolute Gasteiger partial charge is 0.481 e. The molecule has 0 amide bonds. The Balaban J connectivity index is 2.06. The van der Waals surface area contributed by atoms with Crippen molar-refractivity contribution < 1.29 is 23.8 Å². The van der Waals surface area contributed by atoms with Gasteiger partial charge in [0.05, 0.1) is 26.5 Å². The van der Waals surface area contributed by atoms with E-state index in [2.05, 4.69) is 15.1 Å². The third kappa shape index (κ3) is 7.07. The lowest BCUT2D eigenvalue weighted by atomic mass is 10.2. The molecule has 0 atom stereocenters. The summed E-state index contributed by atoms with van der Waals surface area (Å²) in [5.41, 5.74) is 0.215. The first kappa shape index (κ1) is 21.5.